The van der Waals surface area contributed by atoms with Crippen molar-refractivity contribution in [1.82, 2.24) is 14.5 Å². The van der Waals surface area contributed by atoms with Crippen molar-refractivity contribution in [3.8, 4) is 0 Å². The first kappa shape index (κ1) is 21.7. The molecule has 0 radical (unpaired) electrons. The summed E-state index contributed by atoms with van der Waals surface area (Å²) in [5.74, 6) is 1.58. The maximum absolute atomic E-state index is 13.3. The van der Waals surface area contributed by atoms with Crippen LogP contribution in [0, 0.1) is 18.8 Å². The van der Waals surface area contributed by atoms with Gasteiger partial charge in [-0.05, 0) is 55.9 Å². The summed E-state index contributed by atoms with van der Waals surface area (Å²) in [5, 5.41) is 4.12. The van der Waals surface area contributed by atoms with E-state index in [2.05, 4.69) is 15.2 Å². The summed E-state index contributed by atoms with van der Waals surface area (Å²) < 4.78 is 6.52. The van der Waals surface area contributed by atoms with Gasteiger partial charge in [-0.3, -0.25) is 9.36 Å². The van der Waals surface area contributed by atoms with Gasteiger partial charge < -0.3 is 15.0 Å². The standard InChI is InChI=1S/C24H26ClN5O3/c1-12-7-16(13(2)26-18-5-6-19(25)27-21(18)23(32)33-4)20-17(8-12)22(31)29(3)24(28-20)30-10-14-9-15(14)11-30/h5-8,13-15,26H,9-11H2,1-4H3/t13-,14?,15?/m0/s1. The fraction of sp³-hybridized carbons (Fsp3) is 0.417. The number of nitrogens with one attached hydrogen (secondary N) is 1. The number of hydrogen-bond donors (Lipinski definition) is 1. The Hall–Kier alpha value is -3.13. The Balaban J connectivity index is 1.58. The fourth-order valence-corrected chi connectivity index (χ4v) is 4.98. The first-order valence-corrected chi connectivity index (χ1v) is 11.4. The van der Waals surface area contributed by atoms with Gasteiger partial charge in [0.1, 0.15) is 5.15 Å². The number of halogens is 1. The highest BCUT2D eigenvalue weighted by Gasteiger charge is 2.46. The summed E-state index contributed by atoms with van der Waals surface area (Å²) in [6.07, 6.45) is 1.28. The van der Waals surface area contributed by atoms with Crippen molar-refractivity contribution < 1.29 is 9.53 Å². The lowest BCUT2D eigenvalue weighted by Crippen LogP contribution is -2.31. The molecule has 5 rings (SSSR count). The minimum absolute atomic E-state index is 0.0591. The van der Waals surface area contributed by atoms with E-state index in [0.717, 1.165) is 36.1 Å². The molecule has 3 aromatic rings. The van der Waals surface area contributed by atoms with Gasteiger partial charge in [0, 0.05) is 25.7 Å². The molecule has 8 nitrogen and oxygen atoms in total. The highest BCUT2D eigenvalue weighted by Crippen LogP contribution is 2.46. The molecule has 33 heavy (non-hydrogen) atoms. The number of methoxy groups -OCH3 is 1. The van der Waals surface area contributed by atoms with Gasteiger partial charge >= 0.3 is 5.97 Å². The van der Waals surface area contributed by atoms with Crippen molar-refractivity contribution in [1.29, 1.82) is 0 Å². The topological polar surface area (TPSA) is 89.3 Å². The van der Waals surface area contributed by atoms with Gasteiger partial charge in [-0.1, -0.05) is 17.7 Å². The van der Waals surface area contributed by atoms with E-state index in [1.807, 2.05) is 26.0 Å². The molecule has 1 aromatic carbocycles. The number of carbonyl (C=O) groups excluding carboxylic acids is 1. The van der Waals surface area contributed by atoms with Crippen molar-refractivity contribution in [2.45, 2.75) is 26.3 Å². The van der Waals surface area contributed by atoms with Gasteiger partial charge in [-0.15, -0.1) is 0 Å². The molecule has 1 aliphatic carbocycles. The molecule has 2 aliphatic rings. The van der Waals surface area contributed by atoms with E-state index in [1.54, 1.807) is 23.7 Å². The summed E-state index contributed by atoms with van der Waals surface area (Å²) in [5.41, 5.74) is 3.05. The minimum Gasteiger partial charge on any atom is -0.464 e. The summed E-state index contributed by atoms with van der Waals surface area (Å²) in [6, 6.07) is 6.96. The second-order valence-electron chi connectivity index (χ2n) is 9.07. The van der Waals surface area contributed by atoms with Crippen LogP contribution in [-0.2, 0) is 11.8 Å². The Morgan fingerprint density at radius 2 is 1.97 bits per heavy atom. The average molecular weight is 468 g/mol. The molecule has 1 saturated carbocycles. The number of anilines is 2. The first-order chi connectivity index (χ1) is 15.8. The maximum atomic E-state index is 13.3. The monoisotopic (exact) mass is 467 g/mol. The lowest BCUT2D eigenvalue weighted by atomic mass is 10.0. The molecular weight excluding hydrogens is 442 g/mol. The van der Waals surface area contributed by atoms with Crippen LogP contribution in [0.5, 0.6) is 0 Å². The van der Waals surface area contributed by atoms with Crippen molar-refractivity contribution in [3.63, 3.8) is 0 Å². The zero-order chi connectivity index (χ0) is 23.4. The second-order valence-corrected chi connectivity index (χ2v) is 9.46. The molecule has 1 saturated heterocycles. The van der Waals surface area contributed by atoms with Crippen LogP contribution >= 0.6 is 11.6 Å². The van der Waals surface area contributed by atoms with E-state index < -0.39 is 5.97 Å². The predicted octanol–water partition coefficient (Wildman–Crippen LogP) is 3.71. The molecule has 2 aromatic heterocycles. The van der Waals surface area contributed by atoms with Gasteiger partial charge in [-0.25, -0.2) is 14.8 Å². The number of rotatable bonds is 5. The minimum atomic E-state index is -0.580. The zero-order valence-electron chi connectivity index (χ0n) is 19.1. The van der Waals surface area contributed by atoms with E-state index >= 15 is 0 Å². The molecule has 0 spiro atoms. The normalized spacial score (nSPS) is 20.0. The predicted molar refractivity (Wildman–Crippen MR) is 128 cm³/mol. The highest BCUT2D eigenvalue weighted by atomic mass is 35.5. The van der Waals surface area contributed by atoms with Gasteiger partial charge in [0.15, 0.2) is 5.69 Å². The third-order valence-electron chi connectivity index (χ3n) is 6.67. The van der Waals surface area contributed by atoms with Crippen molar-refractivity contribution in [2.24, 2.45) is 18.9 Å². The highest BCUT2D eigenvalue weighted by molar-refractivity contribution is 6.29. The van der Waals surface area contributed by atoms with Gasteiger partial charge in [0.05, 0.1) is 29.7 Å². The van der Waals surface area contributed by atoms with E-state index in [4.69, 9.17) is 21.3 Å². The Bertz CT molecular complexity index is 1330. The lowest BCUT2D eigenvalue weighted by molar-refractivity contribution is 0.0595. The molecule has 2 fully saturated rings. The molecule has 1 N–H and O–H groups in total. The van der Waals surface area contributed by atoms with Crippen LogP contribution < -0.4 is 15.8 Å². The number of ether oxygens (including phenoxy) is 1. The molecule has 1 aliphatic heterocycles. The van der Waals surface area contributed by atoms with Gasteiger partial charge in [0.2, 0.25) is 5.95 Å². The molecular formula is C24H26ClN5O3. The summed E-state index contributed by atoms with van der Waals surface area (Å²) in [7, 11) is 3.09. The number of fused-ring (bicyclic) bond motifs is 2. The Morgan fingerprint density at radius 3 is 2.67 bits per heavy atom. The SMILES string of the molecule is COC(=O)c1nc(Cl)ccc1N[C@@H](C)c1cc(C)cc2c(=O)n(C)c(N3CC4CC4C3)nc12. The van der Waals surface area contributed by atoms with Crippen LogP contribution in [0.2, 0.25) is 5.15 Å². The molecule has 9 heteroatoms. The van der Waals surface area contributed by atoms with Crippen LogP contribution in [0.4, 0.5) is 11.6 Å². The Morgan fingerprint density at radius 1 is 1.24 bits per heavy atom. The van der Waals surface area contributed by atoms with Crippen LogP contribution in [0.15, 0.2) is 29.1 Å². The molecule has 3 atom stereocenters. The average Bonchev–Trinajstić information content (AvgIpc) is 3.41. The van der Waals surface area contributed by atoms with Gasteiger partial charge in [0.25, 0.3) is 5.56 Å². The molecule has 0 bridgehead atoms. The zero-order valence-corrected chi connectivity index (χ0v) is 19.8. The van der Waals surface area contributed by atoms with E-state index in [-0.39, 0.29) is 22.4 Å². The van der Waals surface area contributed by atoms with Crippen LogP contribution in [0.3, 0.4) is 0 Å². The Kier molecular flexibility index (Phi) is 5.28. The number of esters is 1. The summed E-state index contributed by atoms with van der Waals surface area (Å²) in [6.45, 7) is 5.82. The van der Waals surface area contributed by atoms with Crippen molar-refractivity contribution in [3.05, 3.63) is 56.6 Å². The number of aromatic nitrogens is 3. The number of aryl methyl sites for hydroxylation is 1. The van der Waals surface area contributed by atoms with Gasteiger partial charge in [-0.2, -0.15) is 0 Å². The maximum Gasteiger partial charge on any atom is 0.358 e. The lowest BCUT2D eigenvalue weighted by Gasteiger charge is -2.24. The summed E-state index contributed by atoms with van der Waals surface area (Å²) in [4.78, 5) is 36.9. The Labute approximate surface area is 196 Å². The molecule has 172 valence electrons. The van der Waals surface area contributed by atoms with Crippen molar-refractivity contribution in [2.75, 3.05) is 30.4 Å². The number of hydrogen-bond acceptors (Lipinski definition) is 7. The number of nitrogens with zero attached hydrogens (tertiary/aromatic N) is 4. The third kappa shape index (κ3) is 3.82. The number of piperidine rings is 1. The van der Waals surface area contributed by atoms with Crippen LogP contribution in [-0.4, -0.2) is 40.7 Å². The molecule has 0 amide bonds. The summed E-state index contributed by atoms with van der Waals surface area (Å²) >= 11 is 6.00. The number of benzene rings is 1. The number of carbonyl (C=O) groups is 1. The van der Waals surface area contributed by atoms with E-state index in [9.17, 15) is 9.59 Å². The smallest absolute Gasteiger partial charge is 0.358 e. The second kappa shape index (κ2) is 8.02. The van der Waals surface area contributed by atoms with E-state index in [0.29, 0.717) is 22.5 Å². The van der Waals surface area contributed by atoms with Crippen LogP contribution in [0.1, 0.15) is 41.0 Å². The fourth-order valence-electron chi connectivity index (χ4n) is 4.83. The molecule has 2 unspecified atom stereocenters. The van der Waals surface area contributed by atoms with Crippen LogP contribution in [0.25, 0.3) is 10.9 Å². The largest absolute Gasteiger partial charge is 0.464 e. The van der Waals surface area contributed by atoms with Crippen molar-refractivity contribution >= 4 is 40.1 Å². The van der Waals surface area contributed by atoms with E-state index in [1.165, 1.54) is 13.5 Å². The number of pyridine rings is 1. The first-order valence-electron chi connectivity index (χ1n) is 11.0. The third-order valence-corrected chi connectivity index (χ3v) is 6.88. The quantitative estimate of drug-likeness (QED) is 0.452. The molecule has 3 heterocycles.